The monoisotopic (exact) mass is 249 g/mol. The topological polar surface area (TPSA) is 55.8 Å². The molecule has 1 fully saturated rings. The Labute approximate surface area is 105 Å². The van der Waals surface area contributed by atoms with Crippen LogP contribution >= 0.6 is 0 Å². The van der Waals surface area contributed by atoms with Crippen LogP contribution in [0.1, 0.15) is 5.56 Å². The largest absolute Gasteiger partial charge is 0.469 e. The molecule has 0 unspecified atom stereocenters. The molecule has 0 aliphatic carbocycles. The Morgan fingerprint density at radius 3 is 2.56 bits per heavy atom. The zero-order valence-electron chi connectivity index (χ0n) is 10.2. The van der Waals surface area contributed by atoms with Crippen LogP contribution < -0.4 is 0 Å². The zero-order valence-corrected chi connectivity index (χ0v) is 10.2. The summed E-state index contributed by atoms with van der Waals surface area (Å²) in [6.07, 6.45) is -0.390. The predicted octanol–water partition coefficient (Wildman–Crippen LogP) is 1.43. The van der Waals surface area contributed by atoms with E-state index in [0.29, 0.717) is 13.1 Å². The van der Waals surface area contributed by atoms with Crippen LogP contribution in [0.4, 0.5) is 4.79 Å². The summed E-state index contributed by atoms with van der Waals surface area (Å²) >= 11 is 0. The van der Waals surface area contributed by atoms with E-state index in [2.05, 4.69) is 4.74 Å². The average Bonchev–Trinajstić information content (AvgIpc) is 2.35. The number of likely N-dealkylation sites (tertiary alicyclic amines) is 1. The number of amides is 1. The van der Waals surface area contributed by atoms with E-state index < -0.39 is 0 Å². The van der Waals surface area contributed by atoms with E-state index in [1.165, 1.54) is 12.0 Å². The molecule has 0 atom stereocenters. The summed E-state index contributed by atoms with van der Waals surface area (Å²) in [5.41, 5.74) is 0.941. The minimum Gasteiger partial charge on any atom is -0.469 e. The first-order valence-corrected chi connectivity index (χ1v) is 5.74. The summed E-state index contributed by atoms with van der Waals surface area (Å²) in [5, 5.41) is 0. The van der Waals surface area contributed by atoms with Crippen molar-refractivity contribution < 1.29 is 19.1 Å². The van der Waals surface area contributed by atoms with Gasteiger partial charge in [0.05, 0.1) is 13.0 Å². The van der Waals surface area contributed by atoms with Gasteiger partial charge in [-0.15, -0.1) is 0 Å². The lowest BCUT2D eigenvalue weighted by molar-refractivity contribution is -0.150. The van der Waals surface area contributed by atoms with Gasteiger partial charge in [0.15, 0.2) is 0 Å². The Morgan fingerprint density at radius 1 is 1.28 bits per heavy atom. The molecule has 0 N–H and O–H groups in total. The van der Waals surface area contributed by atoms with Crippen molar-refractivity contribution in [2.75, 3.05) is 20.2 Å². The number of carbonyl (C=O) groups excluding carboxylic acids is 2. The summed E-state index contributed by atoms with van der Waals surface area (Å²) in [6, 6.07) is 9.46. The van der Waals surface area contributed by atoms with Crippen LogP contribution in [-0.4, -0.2) is 37.2 Å². The van der Waals surface area contributed by atoms with Crippen LogP contribution in [0.3, 0.4) is 0 Å². The number of hydrogen-bond donors (Lipinski definition) is 0. The predicted molar refractivity (Wildman–Crippen MR) is 63.7 cm³/mol. The Bertz CT molecular complexity index is 426. The molecule has 5 nitrogen and oxygen atoms in total. The van der Waals surface area contributed by atoms with E-state index in [4.69, 9.17) is 4.74 Å². The summed E-state index contributed by atoms with van der Waals surface area (Å²) in [7, 11) is 1.35. The normalized spacial score (nSPS) is 14.8. The van der Waals surface area contributed by atoms with Crippen molar-refractivity contribution in [3.63, 3.8) is 0 Å². The molecular formula is C13H15NO4. The molecule has 1 saturated heterocycles. The Kier molecular flexibility index (Phi) is 3.82. The van der Waals surface area contributed by atoms with Gasteiger partial charge in [0, 0.05) is 13.1 Å². The van der Waals surface area contributed by atoms with Crippen molar-refractivity contribution >= 4 is 12.1 Å². The number of methoxy groups -OCH3 is 1. The van der Waals surface area contributed by atoms with E-state index in [-0.39, 0.29) is 24.6 Å². The fraction of sp³-hybridized carbons (Fsp3) is 0.385. The Hall–Kier alpha value is -2.04. The van der Waals surface area contributed by atoms with Crippen LogP contribution in [0.25, 0.3) is 0 Å². The van der Waals surface area contributed by atoms with Crippen LogP contribution in [0.2, 0.25) is 0 Å². The highest BCUT2D eigenvalue weighted by Gasteiger charge is 2.37. The molecule has 1 aromatic carbocycles. The van der Waals surface area contributed by atoms with Crippen molar-refractivity contribution in [2.24, 2.45) is 5.92 Å². The van der Waals surface area contributed by atoms with E-state index in [1.807, 2.05) is 30.3 Å². The molecule has 0 bridgehead atoms. The maximum absolute atomic E-state index is 11.6. The number of rotatable bonds is 3. The van der Waals surface area contributed by atoms with Crippen LogP contribution in [-0.2, 0) is 20.9 Å². The molecule has 5 heteroatoms. The molecule has 1 heterocycles. The van der Waals surface area contributed by atoms with E-state index in [9.17, 15) is 9.59 Å². The second-order valence-corrected chi connectivity index (χ2v) is 4.17. The first-order chi connectivity index (χ1) is 8.70. The first kappa shape index (κ1) is 12.4. The van der Waals surface area contributed by atoms with E-state index in [0.717, 1.165) is 5.56 Å². The zero-order chi connectivity index (χ0) is 13.0. The second-order valence-electron chi connectivity index (χ2n) is 4.17. The minimum absolute atomic E-state index is 0.209. The van der Waals surface area contributed by atoms with E-state index >= 15 is 0 Å². The lowest BCUT2D eigenvalue weighted by atomic mass is 10.0. The summed E-state index contributed by atoms with van der Waals surface area (Å²) in [4.78, 5) is 24.2. The molecule has 1 aliphatic rings. The molecular weight excluding hydrogens is 234 g/mol. The smallest absolute Gasteiger partial charge is 0.410 e. The lowest BCUT2D eigenvalue weighted by Crippen LogP contribution is -2.53. The van der Waals surface area contributed by atoms with Crippen molar-refractivity contribution in [3.05, 3.63) is 35.9 Å². The number of carbonyl (C=O) groups is 2. The van der Waals surface area contributed by atoms with Crippen molar-refractivity contribution in [1.82, 2.24) is 4.90 Å². The summed E-state index contributed by atoms with van der Waals surface area (Å²) < 4.78 is 9.72. The standard InChI is InChI=1S/C13H15NO4/c1-17-12(15)11-7-14(8-11)13(16)18-9-10-5-3-2-4-6-10/h2-6,11H,7-9H2,1H3. The second kappa shape index (κ2) is 5.53. The van der Waals surface area contributed by atoms with Crippen molar-refractivity contribution in [2.45, 2.75) is 6.61 Å². The molecule has 18 heavy (non-hydrogen) atoms. The highest BCUT2D eigenvalue weighted by Crippen LogP contribution is 2.18. The van der Waals surface area contributed by atoms with Gasteiger partial charge in [-0.05, 0) is 5.56 Å². The van der Waals surface area contributed by atoms with Gasteiger partial charge in [-0.25, -0.2) is 4.79 Å². The van der Waals surface area contributed by atoms with Crippen LogP contribution in [0, 0.1) is 5.92 Å². The van der Waals surface area contributed by atoms with Crippen LogP contribution in [0.15, 0.2) is 30.3 Å². The molecule has 0 aromatic heterocycles. The molecule has 96 valence electrons. The molecule has 0 saturated carbocycles. The number of esters is 1. The highest BCUT2D eigenvalue weighted by molar-refractivity contribution is 5.78. The fourth-order valence-electron chi connectivity index (χ4n) is 1.75. The Balaban J connectivity index is 1.73. The van der Waals surface area contributed by atoms with E-state index in [1.54, 1.807) is 0 Å². The van der Waals surface area contributed by atoms with Gasteiger partial charge in [-0.2, -0.15) is 0 Å². The van der Waals surface area contributed by atoms with Gasteiger partial charge in [0.2, 0.25) is 0 Å². The maximum atomic E-state index is 11.6. The molecule has 1 aromatic rings. The van der Waals surface area contributed by atoms with Gasteiger partial charge in [-0.1, -0.05) is 30.3 Å². The quantitative estimate of drug-likeness (QED) is 0.760. The highest BCUT2D eigenvalue weighted by atomic mass is 16.6. The van der Waals surface area contributed by atoms with Gasteiger partial charge < -0.3 is 14.4 Å². The average molecular weight is 249 g/mol. The summed E-state index contributed by atoms with van der Waals surface area (Å²) in [5.74, 6) is -0.485. The minimum atomic E-state index is -0.390. The lowest BCUT2D eigenvalue weighted by Gasteiger charge is -2.36. The number of benzene rings is 1. The van der Waals surface area contributed by atoms with Gasteiger partial charge in [-0.3, -0.25) is 4.79 Å². The number of nitrogens with zero attached hydrogens (tertiary/aromatic N) is 1. The third-order valence-corrected chi connectivity index (χ3v) is 2.88. The SMILES string of the molecule is COC(=O)C1CN(C(=O)OCc2ccccc2)C1. The third-order valence-electron chi connectivity index (χ3n) is 2.88. The number of ether oxygens (including phenoxy) is 2. The number of hydrogen-bond acceptors (Lipinski definition) is 4. The first-order valence-electron chi connectivity index (χ1n) is 5.74. The molecule has 1 aliphatic heterocycles. The van der Waals surface area contributed by atoms with Crippen molar-refractivity contribution in [3.8, 4) is 0 Å². The fourth-order valence-corrected chi connectivity index (χ4v) is 1.75. The summed E-state index contributed by atoms with van der Waals surface area (Å²) in [6.45, 7) is 1.000. The van der Waals surface area contributed by atoms with Gasteiger partial charge in [0.25, 0.3) is 0 Å². The maximum Gasteiger partial charge on any atom is 0.410 e. The van der Waals surface area contributed by atoms with Gasteiger partial charge >= 0.3 is 12.1 Å². The Morgan fingerprint density at radius 2 is 1.94 bits per heavy atom. The molecule has 0 spiro atoms. The third kappa shape index (κ3) is 2.80. The molecule has 0 radical (unpaired) electrons. The van der Waals surface area contributed by atoms with Gasteiger partial charge in [0.1, 0.15) is 6.61 Å². The van der Waals surface area contributed by atoms with Crippen LogP contribution in [0.5, 0.6) is 0 Å². The molecule has 2 rings (SSSR count). The molecule has 1 amide bonds. The van der Waals surface area contributed by atoms with Crippen molar-refractivity contribution in [1.29, 1.82) is 0 Å².